The van der Waals surface area contributed by atoms with Crippen molar-refractivity contribution in [1.29, 1.82) is 0 Å². The Morgan fingerprint density at radius 1 is 1.40 bits per heavy atom. The molecule has 0 radical (unpaired) electrons. The lowest BCUT2D eigenvalue weighted by Gasteiger charge is -2.30. The standard InChI is InChI=1S/C6H14N2O2/c1-9-6-2-4(7)5(8)3-10-6/h4-6H,2-3,7-8H2,1H3/t4-,5+,6-/m1/s1. The third kappa shape index (κ3) is 1.67. The van der Waals surface area contributed by atoms with Gasteiger partial charge in [0.2, 0.25) is 0 Å². The normalized spacial score (nSPS) is 41.7. The maximum absolute atomic E-state index is 5.66. The fourth-order valence-electron chi connectivity index (χ4n) is 0.971. The van der Waals surface area contributed by atoms with Crippen molar-refractivity contribution in [3.8, 4) is 0 Å². The van der Waals surface area contributed by atoms with E-state index in [4.69, 9.17) is 20.9 Å². The van der Waals surface area contributed by atoms with Gasteiger partial charge >= 0.3 is 0 Å². The highest BCUT2D eigenvalue weighted by Crippen LogP contribution is 2.11. The molecule has 4 N–H and O–H groups in total. The predicted molar refractivity (Wildman–Crippen MR) is 37.3 cm³/mol. The van der Waals surface area contributed by atoms with Gasteiger partial charge in [-0.2, -0.15) is 0 Å². The van der Waals surface area contributed by atoms with Gasteiger partial charge < -0.3 is 20.9 Å². The van der Waals surface area contributed by atoms with Crippen LogP contribution >= 0.6 is 0 Å². The van der Waals surface area contributed by atoms with E-state index >= 15 is 0 Å². The molecular formula is C6H14N2O2. The fourth-order valence-corrected chi connectivity index (χ4v) is 0.971. The first-order valence-corrected chi connectivity index (χ1v) is 3.39. The molecule has 0 unspecified atom stereocenters. The molecule has 10 heavy (non-hydrogen) atoms. The van der Waals surface area contributed by atoms with Crippen molar-refractivity contribution in [2.24, 2.45) is 11.5 Å². The lowest BCUT2D eigenvalue weighted by atomic mass is 10.1. The molecule has 0 aromatic heterocycles. The first kappa shape index (κ1) is 7.94. The summed E-state index contributed by atoms with van der Waals surface area (Å²) >= 11 is 0. The zero-order chi connectivity index (χ0) is 7.56. The second-order valence-corrected chi connectivity index (χ2v) is 2.56. The van der Waals surface area contributed by atoms with Gasteiger partial charge in [-0.25, -0.2) is 0 Å². The molecule has 60 valence electrons. The van der Waals surface area contributed by atoms with E-state index < -0.39 is 0 Å². The fraction of sp³-hybridized carbons (Fsp3) is 1.00. The highest BCUT2D eigenvalue weighted by molar-refractivity contribution is 4.80. The molecule has 0 bridgehead atoms. The first-order chi connectivity index (χ1) is 4.74. The summed E-state index contributed by atoms with van der Waals surface area (Å²) in [5.74, 6) is 0. The van der Waals surface area contributed by atoms with Crippen LogP contribution in [0.15, 0.2) is 0 Å². The van der Waals surface area contributed by atoms with Crippen molar-refractivity contribution in [3.63, 3.8) is 0 Å². The van der Waals surface area contributed by atoms with E-state index in [-0.39, 0.29) is 18.4 Å². The highest BCUT2D eigenvalue weighted by Gasteiger charge is 2.25. The minimum atomic E-state index is -0.158. The van der Waals surface area contributed by atoms with Crippen LogP contribution < -0.4 is 11.5 Å². The van der Waals surface area contributed by atoms with Gasteiger partial charge in [0, 0.05) is 25.6 Å². The topological polar surface area (TPSA) is 70.5 Å². The highest BCUT2D eigenvalue weighted by atomic mass is 16.7. The van der Waals surface area contributed by atoms with E-state index in [1.54, 1.807) is 7.11 Å². The van der Waals surface area contributed by atoms with Crippen LogP contribution in [0, 0.1) is 0 Å². The molecular weight excluding hydrogens is 132 g/mol. The van der Waals surface area contributed by atoms with E-state index in [1.165, 1.54) is 0 Å². The van der Waals surface area contributed by atoms with Gasteiger partial charge in [-0.05, 0) is 0 Å². The summed E-state index contributed by atoms with van der Waals surface area (Å²) in [5.41, 5.74) is 11.2. The molecule has 0 spiro atoms. The van der Waals surface area contributed by atoms with Crippen LogP contribution in [-0.2, 0) is 9.47 Å². The lowest BCUT2D eigenvalue weighted by molar-refractivity contribution is -0.154. The minimum absolute atomic E-state index is 0.0127. The molecule has 4 heteroatoms. The molecule has 0 aromatic rings. The quantitative estimate of drug-likeness (QED) is 0.499. The molecule has 1 rings (SSSR count). The molecule has 0 aliphatic carbocycles. The van der Waals surface area contributed by atoms with E-state index in [9.17, 15) is 0 Å². The summed E-state index contributed by atoms with van der Waals surface area (Å²) < 4.78 is 10.1. The van der Waals surface area contributed by atoms with Crippen molar-refractivity contribution >= 4 is 0 Å². The lowest BCUT2D eigenvalue weighted by Crippen LogP contribution is -2.51. The summed E-state index contributed by atoms with van der Waals surface area (Å²) in [7, 11) is 1.61. The predicted octanol–water partition coefficient (Wildman–Crippen LogP) is -0.966. The first-order valence-electron chi connectivity index (χ1n) is 3.39. The third-order valence-corrected chi connectivity index (χ3v) is 1.75. The van der Waals surface area contributed by atoms with Crippen LogP contribution in [0.5, 0.6) is 0 Å². The van der Waals surface area contributed by atoms with E-state index in [1.807, 2.05) is 0 Å². The number of methoxy groups -OCH3 is 1. The van der Waals surface area contributed by atoms with Crippen LogP contribution in [0.1, 0.15) is 6.42 Å². The monoisotopic (exact) mass is 146 g/mol. The molecule has 0 amide bonds. The average molecular weight is 146 g/mol. The SMILES string of the molecule is CO[C@H]1C[C@@H](N)[C@@H](N)CO1. The smallest absolute Gasteiger partial charge is 0.158 e. The Morgan fingerprint density at radius 2 is 2.10 bits per heavy atom. The van der Waals surface area contributed by atoms with Crippen LogP contribution in [0.2, 0.25) is 0 Å². The van der Waals surface area contributed by atoms with Gasteiger partial charge in [0.1, 0.15) is 0 Å². The summed E-state index contributed by atoms with van der Waals surface area (Å²) in [6, 6.07) is -0.0231. The van der Waals surface area contributed by atoms with E-state index in [0.29, 0.717) is 13.0 Å². The molecule has 3 atom stereocenters. The molecule has 4 nitrogen and oxygen atoms in total. The summed E-state index contributed by atoms with van der Waals surface area (Å²) in [5, 5.41) is 0. The van der Waals surface area contributed by atoms with Gasteiger partial charge in [0.05, 0.1) is 6.61 Å². The number of hydrogen-bond donors (Lipinski definition) is 2. The minimum Gasteiger partial charge on any atom is -0.356 e. The molecule has 0 aromatic carbocycles. The van der Waals surface area contributed by atoms with Crippen molar-refractivity contribution in [1.82, 2.24) is 0 Å². The van der Waals surface area contributed by atoms with Gasteiger partial charge in [-0.3, -0.25) is 0 Å². The van der Waals surface area contributed by atoms with Gasteiger partial charge in [0.25, 0.3) is 0 Å². The summed E-state index contributed by atoms with van der Waals surface area (Å²) in [6.07, 6.45) is 0.535. The summed E-state index contributed by atoms with van der Waals surface area (Å²) in [6.45, 7) is 0.500. The summed E-state index contributed by atoms with van der Waals surface area (Å²) in [4.78, 5) is 0. The van der Waals surface area contributed by atoms with Crippen molar-refractivity contribution in [2.45, 2.75) is 24.8 Å². The Bertz CT molecular complexity index is 110. The van der Waals surface area contributed by atoms with Gasteiger partial charge in [-0.15, -0.1) is 0 Å². The Kier molecular flexibility index (Phi) is 2.62. The second kappa shape index (κ2) is 3.30. The van der Waals surface area contributed by atoms with Crippen molar-refractivity contribution in [3.05, 3.63) is 0 Å². The zero-order valence-electron chi connectivity index (χ0n) is 6.12. The number of rotatable bonds is 1. The van der Waals surface area contributed by atoms with E-state index in [2.05, 4.69) is 0 Å². The van der Waals surface area contributed by atoms with Crippen LogP contribution in [-0.4, -0.2) is 32.1 Å². The molecule has 1 heterocycles. The Labute approximate surface area is 60.5 Å². The third-order valence-electron chi connectivity index (χ3n) is 1.75. The molecule has 1 aliphatic rings. The van der Waals surface area contributed by atoms with E-state index in [0.717, 1.165) is 0 Å². The van der Waals surface area contributed by atoms with Crippen LogP contribution in [0.4, 0.5) is 0 Å². The Morgan fingerprint density at radius 3 is 2.60 bits per heavy atom. The Balaban J connectivity index is 2.33. The number of ether oxygens (including phenoxy) is 2. The average Bonchev–Trinajstić information content (AvgIpc) is 1.95. The number of nitrogens with two attached hydrogens (primary N) is 2. The van der Waals surface area contributed by atoms with Gasteiger partial charge in [0.15, 0.2) is 6.29 Å². The molecule has 1 saturated heterocycles. The number of hydrogen-bond acceptors (Lipinski definition) is 4. The largest absolute Gasteiger partial charge is 0.356 e. The van der Waals surface area contributed by atoms with Crippen LogP contribution in [0.25, 0.3) is 0 Å². The van der Waals surface area contributed by atoms with Crippen molar-refractivity contribution in [2.75, 3.05) is 13.7 Å². The molecule has 0 saturated carbocycles. The molecule has 1 fully saturated rings. The van der Waals surface area contributed by atoms with Crippen LogP contribution in [0.3, 0.4) is 0 Å². The maximum atomic E-state index is 5.66. The maximum Gasteiger partial charge on any atom is 0.158 e. The van der Waals surface area contributed by atoms with Crippen molar-refractivity contribution < 1.29 is 9.47 Å². The van der Waals surface area contributed by atoms with Gasteiger partial charge in [-0.1, -0.05) is 0 Å². The second-order valence-electron chi connectivity index (χ2n) is 2.56. The molecule has 1 aliphatic heterocycles. The zero-order valence-corrected chi connectivity index (χ0v) is 6.12. The Hall–Kier alpha value is -0.160.